The van der Waals surface area contributed by atoms with Gasteiger partial charge in [0.2, 0.25) is 0 Å². The summed E-state index contributed by atoms with van der Waals surface area (Å²) in [6.07, 6.45) is 1.25. The lowest BCUT2D eigenvalue weighted by Gasteiger charge is -2.11. The molecule has 184 valence electrons. The van der Waals surface area contributed by atoms with E-state index in [9.17, 15) is 18.2 Å². The van der Waals surface area contributed by atoms with Gasteiger partial charge in [-0.3, -0.25) is 14.1 Å². The number of rotatable bonds is 5. The number of carbonyl (C=O) groups is 1. The molecule has 3 N–H and O–H groups in total. The van der Waals surface area contributed by atoms with Crippen LogP contribution in [-0.2, 0) is 11.0 Å². The molecule has 2 amide bonds. The van der Waals surface area contributed by atoms with Crippen molar-refractivity contribution in [1.29, 1.82) is 0 Å². The first kappa shape index (κ1) is 26.5. The molecule has 35 heavy (non-hydrogen) atoms. The Morgan fingerprint density at radius 2 is 1.91 bits per heavy atom. The zero-order chi connectivity index (χ0) is 25.7. The number of aryl methyl sites for hydroxylation is 1. The fraction of sp³-hybridized carbons (Fsp3) is 0.174. The number of nitrogens with zero attached hydrogens (tertiary/aromatic N) is 2. The van der Waals surface area contributed by atoms with Crippen molar-refractivity contribution in [2.75, 3.05) is 17.7 Å². The highest BCUT2D eigenvalue weighted by Crippen LogP contribution is 2.26. The molecular weight excluding hydrogens is 557 g/mol. The molecule has 0 fully saturated rings. The maximum atomic E-state index is 14.9. The van der Waals surface area contributed by atoms with E-state index in [0.717, 1.165) is 21.2 Å². The van der Waals surface area contributed by atoms with Crippen molar-refractivity contribution in [2.45, 2.75) is 25.0 Å². The SMILES string of the molecule is CC.CNc1cc2ncn(-c3ccc(NC(=O)NS(=O)c4ccc(C)s4)cc3F)c(=O)c2cc1Br. The van der Waals surface area contributed by atoms with Crippen LogP contribution < -0.4 is 20.9 Å². The zero-order valence-corrected chi connectivity index (χ0v) is 22.5. The Morgan fingerprint density at radius 1 is 1.17 bits per heavy atom. The van der Waals surface area contributed by atoms with Crippen LogP contribution in [0.1, 0.15) is 18.7 Å². The molecule has 4 aromatic rings. The van der Waals surface area contributed by atoms with Crippen molar-refractivity contribution < 1.29 is 13.4 Å². The lowest BCUT2D eigenvalue weighted by atomic mass is 10.2. The van der Waals surface area contributed by atoms with Crippen LogP contribution in [0.25, 0.3) is 16.6 Å². The van der Waals surface area contributed by atoms with Gasteiger partial charge in [0.25, 0.3) is 5.56 Å². The monoisotopic (exact) mass is 579 g/mol. The number of benzene rings is 2. The molecule has 2 heterocycles. The molecule has 1 atom stereocenters. The third-order valence-corrected chi connectivity index (χ3v) is 7.69. The second-order valence-electron chi connectivity index (χ2n) is 6.88. The molecule has 2 aromatic heterocycles. The molecule has 4 rings (SSSR count). The normalized spacial score (nSPS) is 11.4. The molecule has 1 unspecified atom stereocenters. The van der Waals surface area contributed by atoms with Gasteiger partial charge in [-0.2, -0.15) is 0 Å². The summed E-state index contributed by atoms with van der Waals surface area (Å²) in [5.41, 5.74) is 0.903. The van der Waals surface area contributed by atoms with Crippen molar-refractivity contribution in [3.8, 4) is 5.69 Å². The third kappa shape index (κ3) is 5.95. The number of halogens is 2. The summed E-state index contributed by atoms with van der Waals surface area (Å²) in [7, 11) is 0.0230. The van der Waals surface area contributed by atoms with Gasteiger partial charge in [0.1, 0.15) is 16.4 Å². The minimum absolute atomic E-state index is 0.0215. The quantitative estimate of drug-likeness (QED) is 0.286. The molecule has 0 aliphatic heterocycles. The van der Waals surface area contributed by atoms with Crippen LogP contribution in [0.4, 0.5) is 20.6 Å². The number of urea groups is 1. The smallest absolute Gasteiger partial charge is 0.331 e. The second kappa shape index (κ2) is 11.6. The fourth-order valence-electron chi connectivity index (χ4n) is 3.09. The molecule has 0 saturated heterocycles. The van der Waals surface area contributed by atoms with Gasteiger partial charge >= 0.3 is 6.03 Å². The van der Waals surface area contributed by atoms with E-state index in [1.54, 1.807) is 31.3 Å². The Balaban J connectivity index is 0.00000167. The van der Waals surface area contributed by atoms with E-state index in [4.69, 9.17) is 0 Å². The summed E-state index contributed by atoms with van der Waals surface area (Å²) < 4.78 is 31.6. The van der Waals surface area contributed by atoms with E-state index in [1.807, 2.05) is 20.8 Å². The highest BCUT2D eigenvalue weighted by atomic mass is 79.9. The molecule has 0 radical (unpaired) electrons. The van der Waals surface area contributed by atoms with Gasteiger partial charge in [-0.05, 0) is 65.3 Å². The van der Waals surface area contributed by atoms with Crippen molar-refractivity contribution in [3.05, 3.63) is 74.3 Å². The maximum Gasteiger partial charge on any atom is 0.331 e. The van der Waals surface area contributed by atoms with Gasteiger partial charge in [0, 0.05) is 22.1 Å². The summed E-state index contributed by atoms with van der Waals surface area (Å²) in [5, 5.41) is 5.75. The van der Waals surface area contributed by atoms with Crippen LogP contribution in [0.3, 0.4) is 0 Å². The van der Waals surface area contributed by atoms with E-state index in [1.165, 1.54) is 29.8 Å². The maximum absolute atomic E-state index is 14.9. The average Bonchev–Trinajstić information content (AvgIpc) is 3.28. The van der Waals surface area contributed by atoms with Gasteiger partial charge in [0.05, 0.1) is 22.3 Å². The van der Waals surface area contributed by atoms with Crippen LogP contribution >= 0.6 is 27.3 Å². The minimum Gasteiger partial charge on any atom is -0.387 e. The molecule has 12 heteroatoms. The van der Waals surface area contributed by atoms with Gasteiger partial charge in [0.15, 0.2) is 11.0 Å². The van der Waals surface area contributed by atoms with Crippen LogP contribution in [-0.4, -0.2) is 26.8 Å². The van der Waals surface area contributed by atoms with Gasteiger partial charge in [-0.15, -0.1) is 11.3 Å². The molecule has 2 aromatic carbocycles. The van der Waals surface area contributed by atoms with E-state index in [-0.39, 0.29) is 11.4 Å². The Kier molecular flexibility index (Phi) is 8.76. The summed E-state index contributed by atoms with van der Waals surface area (Å²) in [5.74, 6) is -0.739. The second-order valence-corrected chi connectivity index (χ2v) is 10.5. The Hall–Kier alpha value is -3.09. The number of thiophene rings is 1. The van der Waals surface area contributed by atoms with Crippen molar-refractivity contribution in [3.63, 3.8) is 0 Å². The number of hydrogen-bond donors (Lipinski definition) is 3. The van der Waals surface area contributed by atoms with Crippen LogP contribution in [0.2, 0.25) is 0 Å². The molecule has 0 saturated carbocycles. The number of hydrogen-bond acceptors (Lipinski definition) is 6. The standard InChI is InChI=1S/C21H17BrFN5O3S2.C2H6/c1-11-3-6-19(32-11)33(31)27-21(30)26-12-4-5-18(15(23)7-12)28-10-25-16-9-17(24-2)14(22)8-13(16)20(28)29;1-2/h3-10,24H,1-2H3,(H2,26,27,30);1-2H3. The van der Waals surface area contributed by atoms with Crippen molar-refractivity contribution in [2.24, 2.45) is 0 Å². The van der Waals surface area contributed by atoms with Crippen LogP contribution in [0.15, 0.2) is 62.3 Å². The first-order valence-corrected chi connectivity index (χ1v) is 13.3. The summed E-state index contributed by atoms with van der Waals surface area (Å²) >= 11 is 4.70. The van der Waals surface area contributed by atoms with Gasteiger partial charge < -0.3 is 10.6 Å². The van der Waals surface area contributed by atoms with Crippen molar-refractivity contribution >= 4 is 66.6 Å². The number of amides is 2. The first-order valence-electron chi connectivity index (χ1n) is 10.5. The largest absolute Gasteiger partial charge is 0.387 e. The third-order valence-electron chi connectivity index (χ3n) is 4.67. The molecule has 8 nitrogen and oxygen atoms in total. The van der Waals surface area contributed by atoms with Gasteiger partial charge in [-0.1, -0.05) is 13.8 Å². The van der Waals surface area contributed by atoms with E-state index in [0.29, 0.717) is 19.6 Å². The topological polar surface area (TPSA) is 105 Å². The predicted molar refractivity (Wildman–Crippen MR) is 144 cm³/mol. The zero-order valence-electron chi connectivity index (χ0n) is 19.3. The van der Waals surface area contributed by atoms with Crippen molar-refractivity contribution in [1.82, 2.24) is 14.3 Å². The molecule has 0 spiro atoms. The first-order chi connectivity index (χ1) is 16.8. The summed E-state index contributed by atoms with van der Waals surface area (Å²) in [6, 6.07) is 9.93. The number of fused-ring (bicyclic) bond motifs is 1. The lowest BCUT2D eigenvalue weighted by Crippen LogP contribution is -2.30. The van der Waals surface area contributed by atoms with Crippen LogP contribution in [0, 0.1) is 12.7 Å². The Labute approximate surface area is 216 Å². The van der Waals surface area contributed by atoms with E-state index < -0.39 is 28.4 Å². The van der Waals surface area contributed by atoms with Crippen LogP contribution in [0.5, 0.6) is 0 Å². The highest BCUT2D eigenvalue weighted by molar-refractivity contribution is 9.10. The summed E-state index contributed by atoms with van der Waals surface area (Å²) in [6.45, 7) is 5.87. The fourth-order valence-corrected chi connectivity index (χ4v) is 5.55. The number of carbonyl (C=O) groups excluding carboxylic acids is 1. The minimum atomic E-state index is -1.73. The lowest BCUT2D eigenvalue weighted by molar-refractivity contribution is 0.257. The Bertz CT molecular complexity index is 1470. The number of anilines is 2. The summed E-state index contributed by atoms with van der Waals surface area (Å²) in [4.78, 5) is 30.3. The molecule has 0 aliphatic carbocycles. The highest BCUT2D eigenvalue weighted by Gasteiger charge is 2.15. The van der Waals surface area contributed by atoms with Gasteiger partial charge in [-0.25, -0.2) is 18.4 Å². The average molecular weight is 581 g/mol. The molecule has 0 aliphatic rings. The molecule has 0 bridgehead atoms. The number of aromatic nitrogens is 2. The van der Waals surface area contributed by atoms with E-state index in [2.05, 4.69) is 36.3 Å². The van der Waals surface area contributed by atoms with E-state index >= 15 is 0 Å². The Morgan fingerprint density at radius 3 is 2.54 bits per heavy atom. The predicted octanol–water partition coefficient (Wildman–Crippen LogP) is 5.57. The molecular formula is C23H23BrFN5O3S2. The number of nitrogens with one attached hydrogen (secondary N) is 3.